The van der Waals surface area contributed by atoms with Crippen molar-refractivity contribution >= 4 is 5.69 Å². The molecule has 1 aromatic heterocycles. The second kappa shape index (κ2) is 5.90. The number of benzene rings is 1. The Kier molecular flexibility index (Phi) is 3.93. The molecule has 5 heteroatoms. The van der Waals surface area contributed by atoms with Crippen molar-refractivity contribution in [1.82, 2.24) is 4.98 Å². The highest BCUT2D eigenvalue weighted by Crippen LogP contribution is 2.35. The van der Waals surface area contributed by atoms with E-state index in [2.05, 4.69) is 16.4 Å². The number of aromatic nitrogens is 1. The van der Waals surface area contributed by atoms with Gasteiger partial charge in [-0.25, -0.2) is 0 Å². The van der Waals surface area contributed by atoms with Gasteiger partial charge in [0.25, 0.3) is 0 Å². The average molecular weight is 309 g/mol. The minimum atomic E-state index is -0.632. The fourth-order valence-corrected chi connectivity index (χ4v) is 2.54. The zero-order chi connectivity index (χ0) is 16.4. The highest BCUT2D eigenvalue weighted by Gasteiger charge is 2.30. The number of aryl methyl sites for hydroxylation is 1. The molecule has 23 heavy (non-hydrogen) atoms. The molecule has 0 atom stereocenters. The Morgan fingerprint density at radius 3 is 3.00 bits per heavy atom. The number of nitriles is 1. The number of pyridine rings is 1. The van der Waals surface area contributed by atoms with Crippen molar-refractivity contribution in [2.45, 2.75) is 39.7 Å². The minimum Gasteiger partial charge on any atom is -0.461 e. The van der Waals surface area contributed by atoms with E-state index in [0.29, 0.717) is 18.7 Å². The van der Waals surface area contributed by atoms with Crippen LogP contribution in [0.15, 0.2) is 30.5 Å². The predicted molar refractivity (Wildman–Crippen MR) is 87.0 cm³/mol. The van der Waals surface area contributed by atoms with E-state index in [1.165, 1.54) is 0 Å². The second-order valence-corrected chi connectivity index (χ2v) is 6.01. The average Bonchev–Trinajstić information content (AvgIpc) is 2.54. The van der Waals surface area contributed by atoms with E-state index in [0.717, 1.165) is 28.3 Å². The van der Waals surface area contributed by atoms with Crippen LogP contribution >= 0.6 is 0 Å². The molecule has 0 bridgehead atoms. The third kappa shape index (κ3) is 3.27. The third-order valence-corrected chi connectivity index (χ3v) is 3.79. The third-order valence-electron chi connectivity index (χ3n) is 3.79. The SMILES string of the molecule is Cc1ncc(CNc2cccc(C#N)c2)c2c1OC(C)(C)OC2. The first-order valence-corrected chi connectivity index (χ1v) is 7.53. The van der Waals surface area contributed by atoms with Gasteiger partial charge in [0.15, 0.2) is 0 Å². The van der Waals surface area contributed by atoms with E-state index in [4.69, 9.17) is 14.7 Å². The summed E-state index contributed by atoms with van der Waals surface area (Å²) < 4.78 is 11.7. The molecule has 0 amide bonds. The lowest BCUT2D eigenvalue weighted by atomic mass is 10.1. The number of rotatable bonds is 3. The fourth-order valence-electron chi connectivity index (χ4n) is 2.54. The second-order valence-electron chi connectivity index (χ2n) is 6.01. The standard InChI is InChI=1S/C18H19N3O2/c1-12-17-16(11-22-18(2,3)23-17)14(9-20-12)10-21-15-6-4-5-13(7-15)8-19/h4-7,9,21H,10-11H2,1-3H3. The van der Waals surface area contributed by atoms with Crippen LogP contribution in [0.4, 0.5) is 5.69 Å². The molecule has 118 valence electrons. The van der Waals surface area contributed by atoms with Gasteiger partial charge >= 0.3 is 0 Å². The minimum absolute atomic E-state index is 0.501. The lowest BCUT2D eigenvalue weighted by molar-refractivity contribution is -0.180. The van der Waals surface area contributed by atoms with Crippen molar-refractivity contribution in [3.8, 4) is 11.8 Å². The fraction of sp³-hybridized carbons (Fsp3) is 0.333. The molecule has 5 nitrogen and oxygen atoms in total. The van der Waals surface area contributed by atoms with Gasteiger partial charge in [-0.1, -0.05) is 6.07 Å². The van der Waals surface area contributed by atoms with Gasteiger partial charge in [-0.2, -0.15) is 5.26 Å². The van der Waals surface area contributed by atoms with Crippen LogP contribution in [-0.2, 0) is 17.9 Å². The summed E-state index contributed by atoms with van der Waals surface area (Å²) in [4.78, 5) is 4.43. The largest absolute Gasteiger partial charge is 0.461 e. The van der Waals surface area contributed by atoms with Crippen LogP contribution in [0.5, 0.6) is 5.75 Å². The molecule has 0 radical (unpaired) electrons. The predicted octanol–water partition coefficient (Wildman–Crippen LogP) is 3.52. The maximum absolute atomic E-state index is 8.96. The maximum atomic E-state index is 8.96. The Balaban J connectivity index is 1.83. The Labute approximate surface area is 135 Å². The highest BCUT2D eigenvalue weighted by atomic mass is 16.7. The Hall–Kier alpha value is -2.58. The number of hydrogen-bond acceptors (Lipinski definition) is 5. The number of fused-ring (bicyclic) bond motifs is 1. The first kappa shape index (κ1) is 15.3. The maximum Gasteiger partial charge on any atom is 0.205 e. The first-order valence-electron chi connectivity index (χ1n) is 7.53. The summed E-state index contributed by atoms with van der Waals surface area (Å²) >= 11 is 0. The Bertz CT molecular complexity index is 778. The molecule has 2 aromatic rings. The monoisotopic (exact) mass is 309 g/mol. The molecule has 3 rings (SSSR count). The van der Waals surface area contributed by atoms with Crippen molar-refractivity contribution in [2.75, 3.05) is 5.32 Å². The first-order chi connectivity index (χ1) is 11.0. The van der Waals surface area contributed by atoms with E-state index >= 15 is 0 Å². The number of hydrogen-bond donors (Lipinski definition) is 1. The lowest BCUT2D eigenvalue weighted by Gasteiger charge is -2.34. The molecule has 0 saturated heterocycles. The van der Waals surface area contributed by atoms with Crippen LogP contribution in [0.3, 0.4) is 0 Å². The van der Waals surface area contributed by atoms with Crippen molar-refractivity contribution < 1.29 is 9.47 Å². The highest BCUT2D eigenvalue weighted by molar-refractivity contribution is 5.51. The molecule has 0 unspecified atom stereocenters. The van der Waals surface area contributed by atoms with E-state index in [1.807, 2.05) is 45.2 Å². The molecule has 1 aliphatic heterocycles. The van der Waals surface area contributed by atoms with Gasteiger partial charge in [-0.05, 0) is 30.7 Å². The molecule has 0 aliphatic carbocycles. The van der Waals surface area contributed by atoms with Crippen LogP contribution < -0.4 is 10.1 Å². The van der Waals surface area contributed by atoms with E-state index in [-0.39, 0.29) is 0 Å². The van der Waals surface area contributed by atoms with Crippen LogP contribution in [0.25, 0.3) is 0 Å². The van der Waals surface area contributed by atoms with E-state index in [9.17, 15) is 0 Å². The Morgan fingerprint density at radius 1 is 1.39 bits per heavy atom. The molecular weight excluding hydrogens is 290 g/mol. The van der Waals surface area contributed by atoms with Crippen molar-refractivity contribution in [1.29, 1.82) is 5.26 Å². The molecule has 0 spiro atoms. The lowest BCUT2D eigenvalue weighted by Crippen LogP contribution is -2.36. The summed E-state index contributed by atoms with van der Waals surface area (Å²) in [6, 6.07) is 9.54. The van der Waals surface area contributed by atoms with Crippen LogP contribution in [0, 0.1) is 18.3 Å². The van der Waals surface area contributed by atoms with E-state index < -0.39 is 5.79 Å². The van der Waals surface area contributed by atoms with Crippen LogP contribution in [0.2, 0.25) is 0 Å². The summed E-state index contributed by atoms with van der Waals surface area (Å²) in [5.41, 5.74) is 4.46. The van der Waals surface area contributed by atoms with Gasteiger partial charge in [0.2, 0.25) is 5.79 Å². The van der Waals surface area contributed by atoms with Gasteiger partial charge < -0.3 is 14.8 Å². The number of ether oxygens (including phenoxy) is 2. The molecular formula is C18H19N3O2. The quantitative estimate of drug-likeness (QED) is 0.939. The van der Waals surface area contributed by atoms with Crippen LogP contribution in [0.1, 0.15) is 36.2 Å². The summed E-state index contributed by atoms with van der Waals surface area (Å²) in [5.74, 6) is 0.179. The molecule has 0 saturated carbocycles. The van der Waals surface area contributed by atoms with Gasteiger partial charge in [0.05, 0.1) is 23.9 Å². The van der Waals surface area contributed by atoms with Gasteiger partial charge in [-0.15, -0.1) is 0 Å². The zero-order valence-electron chi connectivity index (χ0n) is 13.5. The number of nitrogens with zero attached hydrogens (tertiary/aromatic N) is 2. The zero-order valence-corrected chi connectivity index (χ0v) is 13.5. The summed E-state index contributed by atoms with van der Waals surface area (Å²) in [7, 11) is 0. The van der Waals surface area contributed by atoms with Crippen molar-refractivity contribution in [3.05, 3.63) is 52.8 Å². The summed E-state index contributed by atoms with van der Waals surface area (Å²) in [5, 5.41) is 12.3. The molecule has 2 heterocycles. The topological polar surface area (TPSA) is 67.2 Å². The summed E-state index contributed by atoms with van der Waals surface area (Å²) in [6.07, 6.45) is 1.85. The normalized spacial score (nSPS) is 15.2. The number of nitrogens with one attached hydrogen (secondary N) is 1. The smallest absolute Gasteiger partial charge is 0.205 e. The van der Waals surface area contributed by atoms with Gasteiger partial charge in [0.1, 0.15) is 5.75 Å². The van der Waals surface area contributed by atoms with Crippen molar-refractivity contribution in [2.24, 2.45) is 0 Å². The molecule has 0 fully saturated rings. The van der Waals surface area contributed by atoms with Crippen LogP contribution in [-0.4, -0.2) is 10.8 Å². The van der Waals surface area contributed by atoms with Gasteiger partial charge in [-0.3, -0.25) is 4.98 Å². The molecule has 1 N–H and O–H groups in total. The van der Waals surface area contributed by atoms with Crippen molar-refractivity contribution in [3.63, 3.8) is 0 Å². The van der Waals surface area contributed by atoms with E-state index in [1.54, 1.807) is 6.07 Å². The number of anilines is 1. The Morgan fingerprint density at radius 2 is 2.22 bits per heavy atom. The molecule has 1 aliphatic rings. The summed E-state index contributed by atoms with van der Waals surface area (Å²) in [6.45, 7) is 6.83. The molecule has 1 aromatic carbocycles. The van der Waals surface area contributed by atoms with Gasteiger partial charge in [0, 0.05) is 37.8 Å².